The second-order valence-corrected chi connectivity index (χ2v) is 3.62. The average Bonchev–Trinajstić information content (AvgIpc) is 2.42. The standard InChI is InChI=1S/C8H11N3O4/c9-6-10-5(12)8(15-6)1-3-11(4-2-8)7(13)14/h1-4H2,(H,13,14)(H2,9,10,12). The van der Waals surface area contributed by atoms with E-state index in [1.54, 1.807) is 0 Å². The summed E-state index contributed by atoms with van der Waals surface area (Å²) in [5.74, 6) is -0.398. The molecule has 0 aromatic carbocycles. The molecule has 0 unspecified atom stereocenters. The molecule has 0 saturated carbocycles. The van der Waals surface area contributed by atoms with E-state index in [4.69, 9.17) is 15.6 Å². The van der Waals surface area contributed by atoms with Crippen LogP contribution in [-0.4, -0.2) is 46.7 Å². The van der Waals surface area contributed by atoms with Crippen molar-refractivity contribution in [2.24, 2.45) is 10.7 Å². The summed E-state index contributed by atoms with van der Waals surface area (Å²) in [4.78, 5) is 26.9. The Labute approximate surface area is 85.5 Å². The molecule has 7 nitrogen and oxygen atoms in total. The number of piperidine rings is 1. The van der Waals surface area contributed by atoms with Gasteiger partial charge in [-0.1, -0.05) is 0 Å². The predicted octanol–water partition coefficient (Wildman–Crippen LogP) is -0.629. The van der Waals surface area contributed by atoms with E-state index >= 15 is 0 Å². The van der Waals surface area contributed by atoms with Crippen LogP contribution >= 0.6 is 0 Å². The molecular formula is C8H11N3O4. The highest BCUT2D eigenvalue weighted by atomic mass is 16.5. The lowest BCUT2D eigenvalue weighted by Crippen LogP contribution is -2.50. The summed E-state index contributed by atoms with van der Waals surface area (Å²) in [6.45, 7) is 0.535. The van der Waals surface area contributed by atoms with Crippen molar-refractivity contribution in [1.82, 2.24) is 4.90 Å². The number of carbonyl (C=O) groups excluding carboxylic acids is 1. The van der Waals surface area contributed by atoms with Gasteiger partial charge in [-0.15, -0.1) is 0 Å². The predicted molar refractivity (Wildman–Crippen MR) is 49.3 cm³/mol. The minimum atomic E-state index is -1.00. The number of ether oxygens (including phenoxy) is 1. The molecule has 2 rings (SSSR count). The van der Waals surface area contributed by atoms with Gasteiger partial charge >= 0.3 is 6.09 Å². The Hall–Kier alpha value is -1.79. The fraction of sp³-hybridized carbons (Fsp3) is 0.625. The fourth-order valence-electron chi connectivity index (χ4n) is 1.84. The monoisotopic (exact) mass is 213 g/mol. The maximum absolute atomic E-state index is 11.5. The van der Waals surface area contributed by atoms with Gasteiger partial charge in [0.15, 0.2) is 5.60 Å². The molecule has 0 bridgehead atoms. The highest BCUT2D eigenvalue weighted by molar-refractivity contribution is 6.00. The van der Waals surface area contributed by atoms with Gasteiger partial charge in [-0.2, -0.15) is 4.99 Å². The SMILES string of the molecule is NC1=NC(=O)C2(CCN(C(=O)O)CC2)O1. The van der Waals surface area contributed by atoms with Gasteiger partial charge in [0.1, 0.15) is 0 Å². The summed E-state index contributed by atoms with van der Waals surface area (Å²) < 4.78 is 5.19. The molecule has 1 spiro atoms. The van der Waals surface area contributed by atoms with Gasteiger partial charge in [-0.25, -0.2) is 4.79 Å². The van der Waals surface area contributed by atoms with E-state index in [0.717, 1.165) is 0 Å². The van der Waals surface area contributed by atoms with E-state index in [9.17, 15) is 9.59 Å². The highest BCUT2D eigenvalue weighted by Gasteiger charge is 2.48. The molecule has 0 radical (unpaired) electrons. The molecule has 3 N–H and O–H groups in total. The number of rotatable bonds is 0. The van der Waals surface area contributed by atoms with Gasteiger partial charge in [0.25, 0.3) is 11.9 Å². The molecule has 2 aliphatic heterocycles. The van der Waals surface area contributed by atoms with E-state index in [0.29, 0.717) is 12.8 Å². The smallest absolute Gasteiger partial charge is 0.407 e. The summed E-state index contributed by atoms with van der Waals surface area (Å²) >= 11 is 0. The molecular weight excluding hydrogens is 202 g/mol. The van der Waals surface area contributed by atoms with Crippen molar-refractivity contribution in [2.45, 2.75) is 18.4 Å². The normalized spacial score (nSPS) is 23.9. The van der Waals surface area contributed by atoms with Crippen molar-refractivity contribution in [3.63, 3.8) is 0 Å². The first-order chi connectivity index (χ1) is 7.03. The molecule has 2 heterocycles. The van der Waals surface area contributed by atoms with E-state index in [1.165, 1.54) is 4.90 Å². The molecule has 1 saturated heterocycles. The molecule has 2 amide bonds. The Balaban J connectivity index is 2.05. The Kier molecular flexibility index (Phi) is 2.02. The zero-order chi connectivity index (χ0) is 11.1. The van der Waals surface area contributed by atoms with Crippen molar-refractivity contribution < 1.29 is 19.4 Å². The summed E-state index contributed by atoms with van der Waals surface area (Å²) in [7, 11) is 0. The Morgan fingerprint density at radius 2 is 2.13 bits per heavy atom. The van der Waals surface area contributed by atoms with Gasteiger partial charge in [0, 0.05) is 25.9 Å². The zero-order valence-corrected chi connectivity index (χ0v) is 7.97. The lowest BCUT2D eigenvalue weighted by atomic mass is 9.91. The lowest BCUT2D eigenvalue weighted by Gasteiger charge is -2.34. The van der Waals surface area contributed by atoms with Crippen LogP contribution in [0.3, 0.4) is 0 Å². The summed E-state index contributed by atoms with van der Waals surface area (Å²) in [5, 5.41) is 8.73. The van der Waals surface area contributed by atoms with Crippen molar-refractivity contribution >= 4 is 18.0 Å². The molecule has 15 heavy (non-hydrogen) atoms. The van der Waals surface area contributed by atoms with E-state index in [1.807, 2.05) is 0 Å². The Morgan fingerprint density at radius 1 is 1.53 bits per heavy atom. The lowest BCUT2D eigenvalue weighted by molar-refractivity contribution is -0.134. The molecule has 7 heteroatoms. The van der Waals surface area contributed by atoms with E-state index < -0.39 is 17.6 Å². The van der Waals surface area contributed by atoms with Crippen LogP contribution in [0.2, 0.25) is 0 Å². The third-order valence-corrected chi connectivity index (χ3v) is 2.74. The van der Waals surface area contributed by atoms with Crippen LogP contribution < -0.4 is 5.73 Å². The highest BCUT2D eigenvalue weighted by Crippen LogP contribution is 2.31. The largest absolute Gasteiger partial charge is 0.465 e. The number of hydrogen-bond acceptors (Lipinski definition) is 4. The van der Waals surface area contributed by atoms with Crippen LogP contribution in [0.1, 0.15) is 12.8 Å². The maximum atomic E-state index is 11.5. The third kappa shape index (κ3) is 1.49. The second-order valence-electron chi connectivity index (χ2n) is 3.62. The second kappa shape index (κ2) is 3.11. The van der Waals surface area contributed by atoms with Gasteiger partial charge in [-0.05, 0) is 0 Å². The number of aliphatic imine (C=N–C) groups is 1. The first kappa shape index (κ1) is 9.75. The van der Waals surface area contributed by atoms with Crippen LogP contribution in [0.15, 0.2) is 4.99 Å². The molecule has 0 aromatic heterocycles. The molecule has 0 aromatic rings. The number of nitrogens with two attached hydrogens (primary N) is 1. The Bertz CT molecular complexity index is 344. The summed E-state index contributed by atoms with van der Waals surface area (Å²) in [6, 6.07) is -0.122. The van der Waals surface area contributed by atoms with Gasteiger partial charge in [-0.3, -0.25) is 4.79 Å². The number of amides is 2. The molecule has 2 aliphatic rings. The first-order valence-electron chi connectivity index (χ1n) is 4.59. The van der Waals surface area contributed by atoms with E-state index in [-0.39, 0.29) is 19.1 Å². The number of amidine groups is 1. The van der Waals surface area contributed by atoms with Crippen molar-refractivity contribution in [2.75, 3.05) is 13.1 Å². The van der Waals surface area contributed by atoms with Gasteiger partial charge in [0.05, 0.1) is 0 Å². The van der Waals surface area contributed by atoms with E-state index in [2.05, 4.69) is 4.99 Å². The first-order valence-corrected chi connectivity index (χ1v) is 4.59. The van der Waals surface area contributed by atoms with Crippen LogP contribution in [0.5, 0.6) is 0 Å². The minimum absolute atomic E-state index is 0.122. The van der Waals surface area contributed by atoms with Crippen LogP contribution in [0.4, 0.5) is 4.79 Å². The molecule has 1 fully saturated rings. The number of likely N-dealkylation sites (tertiary alicyclic amines) is 1. The summed E-state index contributed by atoms with van der Waals surface area (Å²) in [6.07, 6.45) is -0.366. The van der Waals surface area contributed by atoms with Crippen LogP contribution in [-0.2, 0) is 9.53 Å². The zero-order valence-electron chi connectivity index (χ0n) is 7.97. The molecule has 0 aliphatic carbocycles. The quantitative estimate of drug-likeness (QED) is 0.557. The minimum Gasteiger partial charge on any atom is -0.465 e. The van der Waals surface area contributed by atoms with Crippen LogP contribution in [0.25, 0.3) is 0 Å². The van der Waals surface area contributed by atoms with Crippen molar-refractivity contribution in [3.05, 3.63) is 0 Å². The van der Waals surface area contributed by atoms with Gasteiger partial charge in [0.2, 0.25) is 0 Å². The summed E-state index contributed by atoms with van der Waals surface area (Å²) in [5.41, 5.74) is 4.30. The fourth-order valence-corrected chi connectivity index (χ4v) is 1.84. The van der Waals surface area contributed by atoms with Crippen molar-refractivity contribution in [1.29, 1.82) is 0 Å². The number of nitrogens with zero attached hydrogens (tertiary/aromatic N) is 2. The Morgan fingerprint density at radius 3 is 2.53 bits per heavy atom. The molecule has 82 valence electrons. The maximum Gasteiger partial charge on any atom is 0.407 e. The third-order valence-electron chi connectivity index (χ3n) is 2.74. The van der Waals surface area contributed by atoms with Gasteiger partial charge < -0.3 is 20.5 Å². The van der Waals surface area contributed by atoms with Crippen LogP contribution in [0, 0.1) is 0 Å². The van der Waals surface area contributed by atoms with Crippen molar-refractivity contribution in [3.8, 4) is 0 Å². The number of hydrogen-bond donors (Lipinski definition) is 2. The number of carboxylic acid groups (broad SMARTS) is 1. The number of carbonyl (C=O) groups is 2. The average molecular weight is 213 g/mol. The topological polar surface area (TPSA) is 105 Å². The molecule has 0 atom stereocenters.